The molecule has 0 spiro atoms. The molecule has 2 aromatic carbocycles. The first kappa shape index (κ1) is 27.8. The fourth-order valence-electron chi connectivity index (χ4n) is 4.10. The summed E-state index contributed by atoms with van der Waals surface area (Å²) in [6.07, 6.45) is 2.95. The van der Waals surface area contributed by atoms with Gasteiger partial charge in [0.1, 0.15) is 11.9 Å². The summed E-state index contributed by atoms with van der Waals surface area (Å²) in [7, 11) is 1.72. The van der Waals surface area contributed by atoms with Crippen LogP contribution in [0.25, 0.3) is 0 Å². The highest BCUT2D eigenvalue weighted by atomic mass is 19.1. The first-order valence-electron chi connectivity index (χ1n) is 11.6. The van der Waals surface area contributed by atoms with E-state index in [1.54, 1.807) is 23.9 Å². The minimum absolute atomic E-state index is 0. The van der Waals surface area contributed by atoms with Crippen molar-refractivity contribution in [3.05, 3.63) is 64.5 Å². The molecule has 7 nitrogen and oxygen atoms in total. The number of nitrogens with one attached hydrogen (secondary N) is 1. The molecule has 35 heavy (non-hydrogen) atoms. The zero-order valence-electron chi connectivity index (χ0n) is 20.1. The van der Waals surface area contributed by atoms with E-state index in [1.807, 2.05) is 35.3 Å². The second-order valence-electron chi connectivity index (χ2n) is 8.65. The van der Waals surface area contributed by atoms with Gasteiger partial charge in [0.15, 0.2) is 0 Å². The number of fused-ring (bicyclic) bond motifs is 1. The van der Waals surface area contributed by atoms with Crippen molar-refractivity contribution < 1.29 is 14.0 Å². The summed E-state index contributed by atoms with van der Waals surface area (Å²) in [5.74, 6) is -1.04. The lowest BCUT2D eigenvalue weighted by Gasteiger charge is -2.32. The molecule has 0 saturated carbocycles. The summed E-state index contributed by atoms with van der Waals surface area (Å²) in [6, 6.07) is 12.6. The Labute approximate surface area is 208 Å². The number of hydrogen-bond acceptors (Lipinski definition) is 5. The number of aryl methyl sites for hydroxylation is 1. The van der Waals surface area contributed by atoms with Gasteiger partial charge >= 0.3 is 0 Å². The van der Waals surface area contributed by atoms with E-state index in [-0.39, 0.29) is 37.9 Å². The van der Waals surface area contributed by atoms with Gasteiger partial charge in [-0.2, -0.15) is 5.26 Å². The lowest BCUT2D eigenvalue weighted by molar-refractivity contribution is -0.145. The monoisotopic (exact) mass is 481 g/mol. The van der Waals surface area contributed by atoms with E-state index in [9.17, 15) is 19.2 Å². The predicted octanol–water partition coefficient (Wildman–Crippen LogP) is 4.14. The van der Waals surface area contributed by atoms with Crippen molar-refractivity contribution in [2.45, 2.75) is 53.6 Å². The first-order valence-corrected chi connectivity index (χ1v) is 11.6. The average molecular weight is 482 g/mol. The van der Waals surface area contributed by atoms with Crippen LogP contribution in [-0.2, 0) is 22.7 Å². The number of hydrogen-bond donors (Lipinski definition) is 1. The third-order valence-electron chi connectivity index (χ3n) is 6.12. The standard InChI is InChI=1S/C26H32FN5O2.CH4/c1-4-5-8-11-29-25(33)17-31(24-13-22(14-28)23(27)12-19(24)2)18-26(34)30(3)32-15-20-9-6-7-10-21(20)16-32;/h6-7,9-10,12-13H,4-5,8,11,15-18H2,1-3H3,(H,29,33);1H4. The van der Waals surface area contributed by atoms with Crippen LogP contribution in [0.3, 0.4) is 0 Å². The van der Waals surface area contributed by atoms with Crippen LogP contribution in [0.4, 0.5) is 10.1 Å². The topological polar surface area (TPSA) is 79.7 Å². The number of carbonyl (C=O) groups is 2. The van der Waals surface area contributed by atoms with Gasteiger partial charge in [0, 0.05) is 32.4 Å². The summed E-state index contributed by atoms with van der Waals surface area (Å²) in [5.41, 5.74) is 3.29. The van der Waals surface area contributed by atoms with Gasteiger partial charge in [0.05, 0.1) is 18.7 Å². The molecule has 0 aromatic heterocycles. The first-order chi connectivity index (χ1) is 16.3. The van der Waals surface area contributed by atoms with Crippen molar-refractivity contribution in [2.75, 3.05) is 31.6 Å². The van der Waals surface area contributed by atoms with Crippen LogP contribution < -0.4 is 10.2 Å². The molecule has 0 fully saturated rings. The molecule has 2 aromatic rings. The van der Waals surface area contributed by atoms with Crippen molar-refractivity contribution in [3.63, 3.8) is 0 Å². The van der Waals surface area contributed by atoms with E-state index in [1.165, 1.54) is 23.3 Å². The van der Waals surface area contributed by atoms with Gasteiger partial charge in [-0.05, 0) is 42.2 Å². The molecule has 0 saturated heterocycles. The number of nitrogens with zero attached hydrogens (tertiary/aromatic N) is 4. The molecule has 1 heterocycles. The van der Waals surface area contributed by atoms with Crippen molar-refractivity contribution in [3.8, 4) is 6.07 Å². The molecule has 188 valence electrons. The number of carbonyl (C=O) groups excluding carboxylic acids is 2. The Morgan fingerprint density at radius 3 is 2.40 bits per heavy atom. The Morgan fingerprint density at radius 1 is 1.14 bits per heavy atom. The molecule has 1 N–H and O–H groups in total. The fraction of sp³-hybridized carbons (Fsp3) is 0.444. The Kier molecular flexibility index (Phi) is 10.2. The van der Waals surface area contributed by atoms with Crippen LogP contribution in [0.15, 0.2) is 36.4 Å². The SMILES string of the molecule is C.CCCCCNC(=O)CN(CC(=O)N(C)N1Cc2ccccc2C1)c1cc(C#N)c(F)cc1C. The largest absolute Gasteiger partial charge is 0.355 e. The molecule has 8 heteroatoms. The van der Waals surface area contributed by atoms with Gasteiger partial charge in [-0.25, -0.2) is 9.40 Å². The number of likely N-dealkylation sites (N-methyl/N-ethyl adjacent to an activating group) is 1. The Morgan fingerprint density at radius 2 is 1.80 bits per heavy atom. The van der Waals surface area contributed by atoms with Crippen molar-refractivity contribution in [1.29, 1.82) is 5.26 Å². The highest BCUT2D eigenvalue weighted by molar-refractivity contribution is 5.86. The van der Waals surface area contributed by atoms with Gasteiger partial charge in [-0.3, -0.25) is 14.6 Å². The molecule has 0 radical (unpaired) electrons. The summed E-state index contributed by atoms with van der Waals surface area (Å²) in [6.45, 7) is 5.47. The number of nitriles is 1. The van der Waals surface area contributed by atoms with E-state index >= 15 is 0 Å². The molecule has 1 aliphatic rings. The third kappa shape index (κ3) is 7.03. The predicted molar refractivity (Wildman–Crippen MR) is 136 cm³/mol. The third-order valence-corrected chi connectivity index (χ3v) is 6.12. The summed E-state index contributed by atoms with van der Waals surface area (Å²) < 4.78 is 14.1. The van der Waals surface area contributed by atoms with Gasteiger partial charge in [-0.1, -0.05) is 51.5 Å². The zero-order chi connectivity index (χ0) is 24.7. The lowest BCUT2D eigenvalue weighted by Crippen LogP contribution is -2.48. The highest BCUT2D eigenvalue weighted by Gasteiger charge is 2.27. The van der Waals surface area contributed by atoms with Gasteiger partial charge in [0.2, 0.25) is 5.91 Å². The van der Waals surface area contributed by atoms with Gasteiger partial charge in [-0.15, -0.1) is 0 Å². The molecule has 0 atom stereocenters. The average Bonchev–Trinajstić information content (AvgIpc) is 3.25. The molecular weight excluding hydrogens is 445 g/mol. The van der Waals surface area contributed by atoms with Crippen LogP contribution >= 0.6 is 0 Å². The Bertz CT molecular complexity index is 1060. The maximum absolute atomic E-state index is 14.1. The van der Waals surface area contributed by atoms with E-state index in [0.717, 1.165) is 19.3 Å². The molecular formula is C27H36FN5O2. The van der Waals surface area contributed by atoms with E-state index in [2.05, 4.69) is 12.2 Å². The maximum atomic E-state index is 14.1. The smallest absolute Gasteiger partial charge is 0.256 e. The number of benzene rings is 2. The number of hydrazine groups is 1. The number of anilines is 1. The fourth-order valence-corrected chi connectivity index (χ4v) is 4.10. The number of amides is 2. The molecule has 3 rings (SSSR count). The van der Waals surface area contributed by atoms with Crippen LogP contribution in [0.5, 0.6) is 0 Å². The molecule has 2 amide bonds. The molecule has 1 aliphatic heterocycles. The Hall–Kier alpha value is -3.44. The number of rotatable bonds is 10. The van der Waals surface area contributed by atoms with Crippen molar-refractivity contribution in [1.82, 2.24) is 15.3 Å². The number of halogens is 1. The minimum atomic E-state index is -0.619. The van der Waals surface area contributed by atoms with Crippen LogP contribution in [0, 0.1) is 24.1 Å². The van der Waals surface area contributed by atoms with E-state index in [0.29, 0.717) is 30.9 Å². The molecule has 0 unspecified atom stereocenters. The lowest BCUT2D eigenvalue weighted by atomic mass is 10.1. The van der Waals surface area contributed by atoms with Crippen LogP contribution in [0.2, 0.25) is 0 Å². The summed E-state index contributed by atoms with van der Waals surface area (Å²) >= 11 is 0. The zero-order valence-corrected chi connectivity index (χ0v) is 20.1. The maximum Gasteiger partial charge on any atom is 0.256 e. The minimum Gasteiger partial charge on any atom is -0.355 e. The van der Waals surface area contributed by atoms with E-state index in [4.69, 9.17) is 0 Å². The van der Waals surface area contributed by atoms with Gasteiger partial charge < -0.3 is 10.2 Å². The summed E-state index contributed by atoms with van der Waals surface area (Å²) in [5, 5.41) is 15.7. The highest BCUT2D eigenvalue weighted by Crippen LogP contribution is 2.26. The van der Waals surface area contributed by atoms with E-state index < -0.39 is 5.82 Å². The van der Waals surface area contributed by atoms with Crippen LogP contribution in [-0.4, -0.2) is 48.5 Å². The number of unbranched alkanes of at least 4 members (excludes halogenated alkanes) is 2. The second-order valence-corrected chi connectivity index (χ2v) is 8.65. The van der Waals surface area contributed by atoms with Gasteiger partial charge in [0.25, 0.3) is 5.91 Å². The Balaban J connectivity index is 0.00000432. The van der Waals surface area contributed by atoms with Crippen molar-refractivity contribution in [2.24, 2.45) is 0 Å². The molecule has 0 bridgehead atoms. The second kappa shape index (κ2) is 12.9. The van der Waals surface area contributed by atoms with Crippen molar-refractivity contribution >= 4 is 17.5 Å². The summed E-state index contributed by atoms with van der Waals surface area (Å²) in [4.78, 5) is 27.5. The van der Waals surface area contributed by atoms with Crippen LogP contribution in [0.1, 0.15) is 55.9 Å². The quantitative estimate of drug-likeness (QED) is 0.516. The normalized spacial score (nSPS) is 12.3. The molecule has 0 aliphatic carbocycles.